The molecule has 0 unspecified atom stereocenters. The Bertz CT molecular complexity index is 967. The van der Waals surface area contributed by atoms with Crippen molar-refractivity contribution in [1.82, 2.24) is 19.9 Å². The van der Waals surface area contributed by atoms with Gasteiger partial charge in [-0.1, -0.05) is 11.8 Å². The number of anilines is 2. The number of aryl methyl sites for hydroxylation is 1. The fraction of sp³-hybridized carbons (Fsp3) is 0.188. The van der Waals surface area contributed by atoms with Crippen LogP contribution in [0, 0.1) is 6.92 Å². The number of thioether (sulfide) groups is 1. The summed E-state index contributed by atoms with van der Waals surface area (Å²) in [5.41, 5.74) is 4.46. The Morgan fingerprint density at radius 3 is 2.86 bits per heavy atom. The maximum absolute atomic E-state index is 12.0. The Morgan fingerprint density at radius 2 is 2.18 bits per heavy atom. The standard InChI is InChI=1S/C16H18N8O2S2/c1-10-8-27-15(19-10)20-13(25)9-28-16-23-22-14(24(16)17)21-18-7-11-3-5-12(26-2)6-4-11/h3-8H,9,17H2,1-2H3,(H,21,22)(H,19,20,25)/b18-7+. The number of thiazole rings is 1. The number of hydrogen-bond donors (Lipinski definition) is 3. The van der Waals surface area contributed by atoms with Crippen LogP contribution >= 0.6 is 23.1 Å². The molecular formula is C16H18N8O2S2. The summed E-state index contributed by atoms with van der Waals surface area (Å²) in [6, 6.07) is 7.39. The van der Waals surface area contributed by atoms with Crippen molar-refractivity contribution in [2.45, 2.75) is 12.1 Å². The molecule has 0 bridgehead atoms. The summed E-state index contributed by atoms with van der Waals surface area (Å²) in [6.45, 7) is 1.86. The molecule has 0 spiro atoms. The average Bonchev–Trinajstić information content (AvgIpc) is 3.26. The molecule has 4 N–H and O–H groups in total. The van der Waals surface area contributed by atoms with Crippen molar-refractivity contribution in [1.29, 1.82) is 0 Å². The van der Waals surface area contributed by atoms with Crippen molar-refractivity contribution in [3.63, 3.8) is 0 Å². The minimum absolute atomic E-state index is 0.128. The topological polar surface area (TPSA) is 132 Å². The Kier molecular flexibility index (Phi) is 6.45. The number of rotatable bonds is 8. The Hall–Kier alpha value is -3.12. The van der Waals surface area contributed by atoms with Crippen molar-refractivity contribution < 1.29 is 9.53 Å². The normalized spacial score (nSPS) is 10.9. The van der Waals surface area contributed by atoms with E-state index in [0.29, 0.717) is 10.3 Å². The maximum Gasteiger partial charge on any atom is 0.264 e. The fourth-order valence-electron chi connectivity index (χ4n) is 2.00. The number of hydrogen-bond acceptors (Lipinski definition) is 10. The molecule has 0 fully saturated rings. The van der Waals surface area contributed by atoms with E-state index >= 15 is 0 Å². The van der Waals surface area contributed by atoms with E-state index < -0.39 is 0 Å². The van der Waals surface area contributed by atoms with Gasteiger partial charge in [0.05, 0.1) is 24.8 Å². The minimum Gasteiger partial charge on any atom is -0.497 e. The highest BCUT2D eigenvalue weighted by Crippen LogP contribution is 2.19. The van der Waals surface area contributed by atoms with E-state index in [2.05, 4.69) is 31.0 Å². The van der Waals surface area contributed by atoms with E-state index in [1.807, 2.05) is 36.6 Å². The first-order valence-corrected chi connectivity index (χ1v) is 9.90. The van der Waals surface area contributed by atoms with Crippen molar-refractivity contribution in [3.05, 3.63) is 40.9 Å². The van der Waals surface area contributed by atoms with Gasteiger partial charge in [0.15, 0.2) is 5.13 Å². The fourth-order valence-corrected chi connectivity index (χ4v) is 3.36. The second-order valence-electron chi connectivity index (χ2n) is 5.45. The smallest absolute Gasteiger partial charge is 0.264 e. The summed E-state index contributed by atoms with van der Waals surface area (Å²) in [4.78, 5) is 16.2. The molecular weight excluding hydrogens is 400 g/mol. The molecule has 0 aliphatic rings. The molecule has 2 heterocycles. The Balaban J connectivity index is 1.51. The molecule has 0 saturated heterocycles. The van der Waals surface area contributed by atoms with Crippen LogP contribution in [0.1, 0.15) is 11.3 Å². The third-order valence-electron chi connectivity index (χ3n) is 3.36. The molecule has 146 valence electrons. The highest BCUT2D eigenvalue weighted by atomic mass is 32.2. The molecule has 0 aliphatic heterocycles. The summed E-state index contributed by atoms with van der Waals surface area (Å²) >= 11 is 2.53. The molecule has 0 radical (unpaired) electrons. The van der Waals surface area contributed by atoms with Crippen molar-refractivity contribution >= 4 is 46.3 Å². The number of nitrogens with zero attached hydrogens (tertiary/aromatic N) is 5. The number of carbonyl (C=O) groups excluding carboxylic acids is 1. The molecule has 1 amide bonds. The van der Waals surface area contributed by atoms with Gasteiger partial charge >= 0.3 is 0 Å². The van der Waals surface area contributed by atoms with Crippen LogP contribution in [0.3, 0.4) is 0 Å². The summed E-state index contributed by atoms with van der Waals surface area (Å²) in [6.07, 6.45) is 1.62. The summed E-state index contributed by atoms with van der Waals surface area (Å²) in [7, 11) is 1.61. The predicted molar refractivity (Wildman–Crippen MR) is 111 cm³/mol. The van der Waals surface area contributed by atoms with Gasteiger partial charge in [0.1, 0.15) is 5.75 Å². The molecule has 2 aromatic heterocycles. The first-order valence-electron chi connectivity index (χ1n) is 8.03. The average molecular weight is 419 g/mol. The van der Waals surface area contributed by atoms with E-state index in [1.165, 1.54) is 16.0 Å². The number of hydrazone groups is 1. The van der Waals surface area contributed by atoms with E-state index in [1.54, 1.807) is 13.3 Å². The number of methoxy groups -OCH3 is 1. The second-order valence-corrected chi connectivity index (χ2v) is 7.25. The SMILES string of the molecule is COc1ccc(/C=N/Nc2nnc(SCC(=O)Nc3nc(C)cs3)n2N)cc1. The maximum atomic E-state index is 12.0. The minimum atomic E-state index is -0.200. The Labute approximate surface area is 169 Å². The van der Waals surface area contributed by atoms with Crippen LogP contribution in [0.5, 0.6) is 5.75 Å². The number of amides is 1. The Morgan fingerprint density at radius 1 is 1.39 bits per heavy atom. The van der Waals surface area contributed by atoms with E-state index in [4.69, 9.17) is 10.6 Å². The van der Waals surface area contributed by atoms with E-state index in [9.17, 15) is 4.79 Å². The summed E-state index contributed by atoms with van der Waals surface area (Å²) in [5.74, 6) is 6.89. The third-order valence-corrected chi connectivity index (χ3v) is 5.17. The first kappa shape index (κ1) is 19.6. The van der Waals surface area contributed by atoms with Crippen molar-refractivity contribution in [2.75, 3.05) is 29.4 Å². The lowest BCUT2D eigenvalue weighted by atomic mass is 10.2. The summed E-state index contributed by atoms with van der Waals surface area (Å²) in [5, 5.41) is 17.5. The predicted octanol–water partition coefficient (Wildman–Crippen LogP) is 1.94. The van der Waals surface area contributed by atoms with E-state index in [0.717, 1.165) is 28.8 Å². The van der Waals surface area contributed by atoms with Crippen LogP contribution in [-0.4, -0.2) is 44.8 Å². The number of nitrogens with one attached hydrogen (secondary N) is 2. The first-order chi connectivity index (χ1) is 13.5. The molecule has 1 aromatic carbocycles. The molecule has 28 heavy (non-hydrogen) atoms. The molecule has 3 aromatic rings. The lowest BCUT2D eigenvalue weighted by molar-refractivity contribution is -0.113. The lowest BCUT2D eigenvalue weighted by Gasteiger charge is -2.03. The van der Waals surface area contributed by atoms with E-state index in [-0.39, 0.29) is 17.6 Å². The number of carbonyl (C=O) groups is 1. The zero-order chi connectivity index (χ0) is 19.9. The molecule has 3 rings (SSSR count). The molecule has 0 aliphatic carbocycles. The van der Waals surface area contributed by atoms with Crippen molar-refractivity contribution in [3.8, 4) is 5.75 Å². The van der Waals surface area contributed by atoms with Gasteiger partial charge in [0, 0.05) is 5.38 Å². The van der Waals surface area contributed by atoms with Gasteiger partial charge in [0.2, 0.25) is 11.1 Å². The number of nitrogens with two attached hydrogens (primary N) is 1. The lowest BCUT2D eigenvalue weighted by Crippen LogP contribution is -2.16. The van der Waals surface area contributed by atoms with Gasteiger partial charge in [-0.05, 0) is 36.8 Å². The monoisotopic (exact) mass is 418 g/mol. The largest absolute Gasteiger partial charge is 0.497 e. The highest BCUT2D eigenvalue weighted by Gasteiger charge is 2.12. The molecule has 10 nitrogen and oxygen atoms in total. The van der Waals surface area contributed by atoms with Crippen LogP contribution in [0.15, 0.2) is 39.9 Å². The van der Waals surface area contributed by atoms with Gasteiger partial charge in [-0.3, -0.25) is 4.79 Å². The third kappa shape index (κ3) is 5.20. The van der Waals surface area contributed by atoms with Crippen LogP contribution in [0.2, 0.25) is 0 Å². The second kappa shape index (κ2) is 9.19. The molecule has 0 saturated carbocycles. The summed E-state index contributed by atoms with van der Waals surface area (Å²) < 4.78 is 6.34. The number of aromatic nitrogens is 4. The van der Waals surface area contributed by atoms with Crippen LogP contribution < -0.4 is 21.3 Å². The molecule has 12 heteroatoms. The van der Waals surface area contributed by atoms with Gasteiger partial charge in [0.25, 0.3) is 5.95 Å². The molecule has 0 atom stereocenters. The van der Waals surface area contributed by atoms with Gasteiger partial charge < -0.3 is 15.9 Å². The quantitative estimate of drug-likeness (QED) is 0.219. The van der Waals surface area contributed by atoms with Crippen LogP contribution in [-0.2, 0) is 4.79 Å². The number of nitrogen functional groups attached to an aromatic ring is 1. The zero-order valence-electron chi connectivity index (χ0n) is 15.1. The van der Waals surface area contributed by atoms with Crippen LogP contribution in [0.4, 0.5) is 11.1 Å². The number of ether oxygens (including phenoxy) is 1. The van der Waals surface area contributed by atoms with Gasteiger partial charge in [-0.15, -0.1) is 21.5 Å². The van der Waals surface area contributed by atoms with Gasteiger partial charge in [-0.25, -0.2) is 15.1 Å². The zero-order valence-corrected chi connectivity index (χ0v) is 16.8. The van der Waals surface area contributed by atoms with Crippen LogP contribution in [0.25, 0.3) is 0 Å². The van der Waals surface area contributed by atoms with Gasteiger partial charge in [-0.2, -0.15) is 5.10 Å². The number of benzene rings is 1. The highest BCUT2D eigenvalue weighted by molar-refractivity contribution is 7.99. The van der Waals surface area contributed by atoms with Crippen molar-refractivity contribution in [2.24, 2.45) is 5.10 Å².